The number of nitrogens with two attached hydrogens (primary N) is 1. The zero-order chi connectivity index (χ0) is 13.8. The summed E-state index contributed by atoms with van der Waals surface area (Å²) in [7, 11) is 0. The van der Waals surface area contributed by atoms with Gasteiger partial charge in [0, 0.05) is 6.54 Å². The highest BCUT2D eigenvalue weighted by Crippen LogP contribution is 2.22. The summed E-state index contributed by atoms with van der Waals surface area (Å²) in [6, 6.07) is 8.12. The molecule has 100 valence electrons. The lowest BCUT2D eigenvalue weighted by Gasteiger charge is -2.19. The Balaban J connectivity index is 2.47. The number of hydrogen-bond acceptors (Lipinski definition) is 2. The molecule has 3 N–H and O–H groups in total. The van der Waals surface area contributed by atoms with Crippen LogP contribution in [0, 0.1) is 0 Å². The SMILES string of the molecule is CC(N)C(=O)NCCc1ccc(C(C)(C)C)cc1. The van der Waals surface area contributed by atoms with Crippen molar-refractivity contribution in [1.82, 2.24) is 5.32 Å². The third-order valence-electron chi connectivity index (χ3n) is 2.95. The molecule has 1 unspecified atom stereocenters. The molecular weight excluding hydrogens is 224 g/mol. The number of nitrogens with one attached hydrogen (secondary N) is 1. The fraction of sp³-hybridized carbons (Fsp3) is 0.533. The highest BCUT2D eigenvalue weighted by Gasteiger charge is 2.12. The molecule has 1 rings (SSSR count). The minimum absolute atomic E-state index is 0.0960. The van der Waals surface area contributed by atoms with Crippen molar-refractivity contribution in [2.24, 2.45) is 5.73 Å². The van der Waals surface area contributed by atoms with E-state index in [4.69, 9.17) is 5.73 Å². The summed E-state index contributed by atoms with van der Waals surface area (Å²) in [5.74, 6) is -0.0960. The molecule has 0 spiro atoms. The van der Waals surface area contributed by atoms with Gasteiger partial charge in [0.1, 0.15) is 0 Å². The van der Waals surface area contributed by atoms with Crippen LogP contribution in [0.2, 0.25) is 0 Å². The van der Waals surface area contributed by atoms with Crippen LogP contribution in [0.3, 0.4) is 0 Å². The molecule has 0 radical (unpaired) electrons. The Kier molecular flexibility index (Phi) is 4.91. The molecule has 0 saturated heterocycles. The van der Waals surface area contributed by atoms with Crippen LogP contribution in [0.5, 0.6) is 0 Å². The Morgan fingerprint density at radius 2 is 1.83 bits per heavy atom. The lowest BCUT2D eigenvalue weighted by atomic mass is 9.86. The molecule has 3 heteroatoms. The van der Waals surface area contributed by atoms with Gasteiger partial charge in [-0.25, -0.2) is 0 Å². The van der Waals surface area contributed by atoms with Gasteiger partial charge < -0.3 is 11.1 Å². The van der Waals surface area contributed by atoms with E-state index < -0.39 is 6.04 Å². The highest BCUT2D eigenvalue weighted by molar-refractivity contribution is 5.80. The first-order chi connectivity index (χ1) is 8.30. The van der Waals surface area contributed by atoms with Gasteiger partial charge in [0.2, 0.25) is 5.91 Å². The maximum atomic E-state index is 11.3. The van der Waals surface area contributed by atoms with Crippen molar-refractivity contribution < 1.29 is 4.79 Å². The summed E-state index contributed by atoms with van der Waals surface area (Å²) in [5.41, 5.74) is 8.21. The number of carbonyl (C=O) groups is 1. The van der Waals surface area contributed by atoms with Crippen LogP contribution >= 0.6 is 0 Å². The predicted octanol–water partition coefficient (Wildman–Crippen LogP) is 1.99. The molecule has 18 heavy (non-hydrogen) atoms. The molecule has 1 atom stereocenters. The third-order valence-corrected chi connectivity index (χ3v) is 2.95. The first kappa shape index (κ1) is 14.7. The third kappa shape index (κ3) is 4.49. The average molecular weight is 248 g/mol. The molecular formula is C15H24N2O. The van der Waals surface area contributed by atoms with Crippen LogP contribution in [0.15, 0.2) is 24.3 Å². The second-order valence-electron chi connectivity index (χ2n) is 5.78. The number of carbonyl (C=O) groups excluding carboxylic acids is 1. The van der Waals surface area contributed by atoms with Crippen molar-refractivity contribution in [1.29, 1.82) is 0 Å². The molecule has 0 bridgehead atoms. The number of amides is 1. The molecule has 1 aromatic carbocycles. The van der Waals surface area contributed by atoms with Crippen LogP contribution in [0.25, 0.3) is 0 Å². The maximum Gasteiger partial charge on any atom is 0.236 e. The predicted molar refractivity (Wildman–Crippen MR) is 75.5 cm³/mol. The van der Waals surface area contributed by atoms with Crippen molar-refractivity contribution in [3.05, 3.63) is 35.4 Å². The zero-order valence-electron chi connectivity index (χ0n) is 11.8. The summed E-state index contributed by atoms with van der Waals surface area (Å²) in [6.45, 7) is 8.92. The molecule has 0 fully saturated rings. The van der Waals surface area contributed by atoms with Gasteiger partial charge in [0.05, 0.1) is 6.04 Å². The molecule has 3 nitrogen and oxygen atoms in total. The Morgan fingerprint density at radius 3 is 2.28 bits per heavy atom. The van der Waals surface area contributed by atoms with Crippen LogP contribution in [-0.4, -0.2) is 18.5 Å². The van der Waals surface area contributed by atoms with Gasteiger partial charge in [0.15, 0.2) is 0 Å². The van der Waals surface area contributed by atoms with Crippen LogP contribution in [-0.2, 0) is 16.6 Å². The molecule has 0 aliphatic carbocycles. The number of rotatable bonds is 4. The van der Waals surface area contributed by atoms with Crippen molar-refractivity contribution >= 4 is 5.91 Å². The van der Waals surface area contributed by atoms with Crippen LogP contribution < -0.4 is 11.1 Å². The van der Waals surface area contributed by atoms with Gasteiger partial charge in [0.25, 0.3) is 0 Å². The summed E-state index contributed by atoms with van der Waals surface area (Å²) in [5, 5.41) is 2.81. The molecule has 0 saturated carbocycles. The number of hydrogen-bond donors (Lipinski definition) is 2. The van der Waals surface area contributed by atoms with E-state index in [9.17, 15) is 4.79 Å². The molecule has 0 aliphatic rings. The smallest absolute Gasteiger partial charge is 0.236 e. The van der Waals surface area contributed by atoms with Crippen molar-refractivity contribution in [2.75, 3.05) is 6.54 Å². The van der Waals surface area contributed by atoms with Crippen LogP contribution in [0.1, 0.15) is 38.8 Å². The minimum atomic E-state index is -0.437. The van der Waals surface area contributed by atoms with Gasteiger partial charge in [-0.05, 0) is 29.9 Å². The second kappa shape index (κ2) is 6.01. The quantitative estimate of drug-likeness (QED) is 0.856. The lowest BCUT2D eigenvalue weighted by Crippen LogP contribution is -2.39. The summed E-state index contributed by atoms with van der Waals surface area (Å²) in [4.78, 5) is 11.3. The van der Waals surface area contributed by atoms with E-state index in [0.29, 0.717) is 6.54 Å². The first-order valence-electron chi connectivity index (χ1n) is 6.43. The fourth-order valence-corrected chi connectivity index (χ4v) is 1.66. The standard InChI is InChI=1S/C15H24N2O/c1-11(16)14(18)17-10-9-12-5-7-13(8-6-12)15(2,3)4/h5-8,11H,9-10,16H2,1-4H3,(H,17,18). The Bertz CT molecular complexity index is 388. The Labute approximate surface area is 110 Å². The van der Waals surface area contributed by atoms with Crippen molar-refractivity contribution in [3.8, 4) is 0 Å². The van der Waals surface area contributed by atoms with Gasteiger partial charge >= 0.3 is 0 Å². The van der Waals surface area contributed by atoms with Gasteiger partial charge in [-0.2, -0.15) is 0 Å². The second-order valence-corrected chi connectivity index (χ2v) is 5.78. The van der Waals surface area contributed by atoms with Gasteiger partial charge in [-0.15, -0.1) is 0 Å². The Morgan fingerprint density at radius 1 is 1.28 bits per heavy atom. The average Bonchev–Trinajstić information content (AvgIpc) is 2.28. The molecule has 0 heterocycles. The van der Waals surface area contributed by atoms with E-state index in [1.807, 2.05) is 0 Å². The van der Waals surface area contributed by atoms with E-state index >= 15 is 0 Å². The largest absolute Gasteiger partial charge is 0.354 e. The first-order valence-corrected chi connectivity index (χ1v) is 6.43. The molecule has 0 aromatic heterocycles. The maximum absolute atomic E-state index is 11.3. The van der Waals surface area contributed by atoms with Crippen molar-refractivity contribution in [2.45, 2.75) is 45.6 Å². The van der Waals surface area contributed by atoms with E-state index in [1.54, 1.807) is 6.92 Å². The zero-order valence-corrected chi connectivity index (χ0v) is 11.8. The van der Waals surface area contributed by atoms with E-state index in [2.05, 4.69) is 50.4 Å². The topological polar surface area (TPSA) is 55.1 Å². The van der Waals surface area contributed by atoms with Gasteiger partial charge in [-0.1, -0.05) is 45.0 Å². The highest BCUT2D eigenvalue weighted by atomic mass is 16.2. The monoisotopic (exact) mass is 248 g/mol. The Hall–Kier alpha value is -1.35. The van der Waals surface area contributed by atoms with Crippen LogP contribution in [0.4, 0.5) is 0 Å². The summed E-state index contributed by atoms with van der Waals surface area (Å²) >= 11 is 0. The lowest BCUT2D eigenvalue weighted by molar-refractivity contribution is -0.121. The molecule has 1 aromatic rings. The minimum Gasteiger partial charge on any atom is -0.354 e. The van der Waals surface area contributed by atoms with E-state index in [-0.39, 0.29) is 11.3 Å². The molecule has 1 amide bonds. The van der Waals surface area contributed by atoms with Crippen molar-refractivity contribution in [3.63, 3.8) is 0 Å². The fourth-order valence-electron chi connectivity index (χ4n) is 1.66. The summed E-state index contributed by atoms with van der Waals surface area (Å²) < 4.78 is 0. The van der Waals surface area contributed by atoms with E-state index in [0.717, 1.165) is 6.42 Å². The molecule has 0 aliphatic heterocycles. The normalized spacial score (nSPS) is 13.2. The van der Waals surface area contributed by atoms with Gasteiger partial charge in [-0.3, -0.25) is 4.79 Å². The summed E-state index contributed by atoms with van der Waals surface area (Å²) in [6.07, 6.45) is 0.836. The number of benzene rings is 1. The van der Waals surface area contributed by atoms with E-state index in [1.165, 1.54) is 11.1 Å².